The van der Waals surface area contributed by atoms with Crippen LogP contribution in [-0.2, 0) is 16.6 Å². The van der Waals surface area contributed by atoms with Gasteiger partial charge in [0.15, 0.2) is 5.76 Å². The van der Waals surface area contributed by atoms with Crippen LogP contribution in [0.5, 0.6) is 0 Å². The second-order valence-electron chi connectivity index (χ2n) is 5.48. The minimum Gasteiger partial charge on any atom is -0.438 e. The van der Waals surface area contributed by atoms with E-state index in [-0.39, 0.29) is 22.8 Å². The number of hydrogen-bond acceptors (Lipinski definition) is 4. The molecule has 1 aromatic heterocycles. The van der Waals surface area contributed by atoms with Gasteiger partial charge in [0.1, 0.15) is 0 Å². The lowest BCUT2D eigenvalue weighted by molar-refractivity contribution is 0.0691. The molecule has 23 heavy (non-hydrogen) atoms. The monoisotopic (exact) mass is 334 g/mol. The van der Waals surface area contributed by atoms with Gasteiger partial charge in [0.25, 0.3) is 15.9 Å². The van der Waals surface area contributed by atoms with Crippen molar-refractivity contribution in [2.45, 2.75) is 30.5 Å². The van der Waals surface area contributed by atoms with E-state index in [1.54, 1.807) is 4.90 Å². The molecule has 122 valence electrons. The Hall–Kier alpha value is -2.12. The Morgan fingerprint density at radius 2 is 1.91 bits per heavy atom. The molecule has 1 fully saturated rings. The number of carbonyl (C=O) groups excluding carboxylic acids is 1. The quantitative estimate of drug-likeness (QED) is 0.876. The van der Waals surface area contributed by atoms with Crippen molar-refractivity contribution in [3.05, 3.63) is 53.8 Å². The van der Waals surface area contributed by atoms with Gasteiger partial charge in [0.05, 0.1) is 0 Å². The SMILES string of the molecule is CNS(=O)(=O)c1ccc(C(=O)N(Cc2ccccc2)C2CC2)o1. The number of sulfonamides is 1. The molecule has 3 rings (SSSR count). The molecule has 1 amide bonds. The summed E-state index contributed by atoms with van der Waals surface area (Å²) in [7, 11) is -2.39. The third-order valence-corrected chi connectivity index (χ3v) is 5.06. The first kappa shape index (κ1) is 15.8. The van der Waals surface area contributed by atoms with Gasteiger partial charge in [-0.2, -0.15) is 0 Å². The fraction of sp³-hybridized carbons (Fsp3) is 0.312. The Kier molecular flexibility index (Phi) is 4.23. The van der Waals surface area contributed by atoms with Crippen molar-refractivity contribution in [1.29, 1.82) is 0 Å². The molecule has 0 atom stereocenters. The van der Waals surface area contributed by atoms with Gasteiger partial charge in [0.2, 0.25) is 5.09 Å². The van der Waals surface area contributed by atoms with Crippen LogP contribution >= 0.6 is 0 Å². The largest absolute Gasteiger partial charge is 0.438 e. The summed E-state index contributed by atoms with van der Waals surface area (Å²) >= 11 is 0. The summed E-state index contributed by atoms with van der Waals surface area (Å²) in [5.74, 6) is -0.240. The molecule has 0 radical (unpaired) electrons. The maximum Gasteiger partial charge on any atom is 0.290 e. The van der Waals surface area contributed by atoms with Crippen molar-refractivity contribution in [2.24, 2.45) is 0 Å². The average molecular weight is 334 g/mol. The fourth-order valence-corrected chi connectivity index (χ4v) is 3.00. The van der Waals surface area contributed by atoms with Crippen LogP contribution in [0, 0.1) is 0 Å². The van der Waals surface area contributed by atoms with Gasteiger partial charge < -0.3 is 9.32 Å². The van der Waals surface area contributed by atoms with Gasteiger partial charge in [-0.3, -0.25) is 4.79 Å². The highest BCUT2D eigenvalue weighted by molar-refractivity contribution is 7.89. The van der Waals surface area contributed by atoms with Crippen molar-refractivity contribution in [3.63, 3.8) is 0 Å². The zero-order chi connectivity index (χ0) is 16.4. The van der Waals surface area contributed by atoms with E-state index in [4.69, 9.17) is 4.42 Å². The molecular formula is C16H18N2O4S. The van der Waals surface area contributed by atoms with Crippen molar-refractivity contribution in [2.75, 3.05) is 7.05 Å². The Bertz CT molecular complexity index is 794. The van der Waals surface area contributed by atoms with Gasteiger partial charge in [-0.25, -0.2) is 13.1 Å². The summed E-state index contributed by atoms with van der Waals surface area (Å²) in [6.45, 7) is 0.485. The zero-order valence-electron chi connectivity index (χ0n) is 12.7. The van der Waals surface area contributed by atoms with Crippen molar-refractivity contribution < 1.29 is 17.6 Å². The van der Waals surface area contributed by atoms with Crippen LogP contribution in [0.4, 0.5) is 0 Å². The van der Waals surface area contributed by atoms with E-state index in [1.807, 2.05) is 30.3 Å². The molecule has 1 N–H and O–H groups in total. The highest BCUT2D eigenvalue weighted by atomic mass is 32.2. The van der Waals surface area contributed by atoms with E-state index in [9.17, 15) is 13.2 Å². The van der Waals surface area contributed by atoms with Gasteiger partial charge >= 0.3 is 0 Å². The number of furan rings is 1. The standard InChI is InChI=1S/C16H18N2O4S/c1-17-23(20,21)15-10-9-14(22-15)16(19)18(13-7-8-13)11-12-5-3-2-4-6-12/h2-6,9-10,13,17H,7-8,11H2,1H3. The van der Waals surface area contributed by atoms with Crippen LogP contribution in [-0.4, -0.2) is 32.3 Å². The van der Waals surface area contributed by atoms with E-state index >= 15 is 0 Å². The lowest BCUT2D eigenvalue weighted by atomic mass is 10.2. The summed E-state index contributed by atoms with van der Waals surface area (Å²) in [6.07, 6.45) is 1.92. The topological polar surface area (TPSA) is 79.6 Å². The van der Waals surface area contributed by atoms with Gasteiger partial charge in [0, 0.05) is 12.6 Å². The van der Waals surface area contributed by atoms with E-state index < -0.39 is 10.0 Å². The Morgan fingerprint density at radius 1 is 1.22 bits per heavy atom. The number of amides is 1. The summed E-state index contributed by atoms with van der Waals surface area (Å²) in [5.41, 5.74) is 1.03. The molecule has 1 aromatic carbocycles. The summed E-state index contributed by atoms with van der Waals surface area (Å²) in [6, 6.07) is 12.6. The Balaban J connectivity index is 1.82. The molecule has 1 saturated carbocycles. The Morgan fingerprint density at radius 3 is 2.52 bits per heavy atom. The first-order valence-electron chi connectivity index (χ1n) is 7.39. The lowest BCUT2D eigenvalue weighted by Crippen LogP contribution is -2.32. The summed E-state index contributed by atoms with van der Waals surface area (Å²) in [5, 5.41) is -0.251. The molecule has 0 saturated heterocycles. The fourth-order valence-electron chi connectivity index (χ4n) is 2.35. The highest BCUT2D eigenvalue weighted by Crippen LogP contribution is 2.30. The van der Waals surface area contributed by atoms with E-state index in [0.29, 0.717) is 6.54 Å². The zero-order valence-corrected chi connectivity index (χ0v) is 13.5. The average Bonchev–Trinajstić information content (AvgIpc) is 3.27. The molecular weight excluding hydrogens is 316 g/mol. The molecule has 6 nitrogen and oxygen atoms in total. The molecule has 2 aromatic rings. The number of hydrogen-bond donors (Lipinski definition) is 1. The molecule has 0 spiro atoms. The molecule has 0 unspecified atom stereocenters. The van der Waals surface area contributed by atoms with Gasteiger partial charge in [-0.05, 0) is 37.6 Å². The molecule has 0 aliphatic heterocycles. The number of carbonyl (C=O) groups is 1. The lowest BCUT2D eigenvalue weighted by Gasteiger charge is -2.21. The summed E-state index contributed by atoms with van der Waals surface area (Å²) < 4.78 is 30.9. The number of rotatable bonds is 6. The smallest absolute Gasteiger partial charge is 0.290 e. The minimum atomic E-state index is -3.69. The molecule has 0 bridgehead atoms. The van der Waals surface area contributed by atoms with E-state index in [0.717, 1.165) is 18.4 Å². The normalized spacial score (nSPS) is 14.7. The third kappa shape index (κ3) is 3.46. The first-order valence-corrected chi connectivity index (χ1v) is 8.88. The number of benzene rings is 1. The summed E-state index contributed by atoms with van der Waals surface area (Å²) in [4.78, 5) is 14.4. The maximum absolute atomic E-state index is 12.7. The number of nitrogens with one attached hydrogen (secondary N) is 1. The van der Waals surface area contributed by atoms with Crippen molar-refractivity contribution >= 4 is 15.9 Å². The van der Waals surface area contributed by atoms with Gasteiger partial charge in [-0.15, -0.1) is 0 Å². The second-order valence-corrected chi connectivity index (χ2v) is 7.29. The van der Waals surface area contributed by atoms with E-state index in [2.05, 4.69) is 4.72 Å². The van der Waals surface area contributed by atoms with Crippen LogP contribution in [0.25, 0.3) is 0 Å². The highest BCUT2D eigenvalue weighted by Gasteiger charge is 2.34. The predicted molar refractivity (Wildman–Crippen MR) is 84.3 cm³/mol. The molecule has 1 aliphatic carbocycles. The maximum atomic E-state index is 12.7. The Labute approximate surface area is 135 Å². The third-order valence-electron chi connectivity index (χ3n) is 3.77. The van der Waals surface area contributed by atoms with Gasteiger partial charge in [-0.1, -0.05) is 30.3 Å². The van der Waals surface area contributed by atoms with Crippen LogP contribution in [0.15, 0.2) is 52.0 Å². The number of nitrogens with zero attached hydrogens (tertiary/aromatic N) is 1. The van der Waals surface area contributed by atoms with Crippen LogP contribution in [0.1, 0.15) is 29.0 Å². The minimum absolute atomic E-state index is 0.0432. The second kappa shape index (κ2) is 6.17. The molecule has 7 heteroatoms. The van der Waals surface area contributed by atoms with Crippen molar-refractivity contribution in [1.82, 2.24) is 9.62 Å². The van der Waals surface area contributed by atoms with Crippen LogP contribution in [0.2, 0.25) is 0 Å². The molecule has 1 heterocycles. The molecule has 1 aliphatic rings. The van der Waals surface area contributed by atoms with Crippen LogP contribution < -0.4 is 4.72 Å². The first-order chi connectivity index (χ1) is 11.0. The van der Waals surface area contributed by atoms with Crippen LogP contribution in [0.3, 0.4) is 0 Å². The van der Waals surface area contributed by atoms with E-state index in [1.165, 1.54) is 19.2 Å². The van der Waals surface area contributed by atoms with Crippen molar-refractivity contribution in [3.8, 4) is 0 Å². The predicted octanol–water partition coefficient (Wildman–Crippen LogP) is 1.99.